The zero-order valence-electron chi connectivity index (χ0n) is 14.2. The van der Waals surface area contributed by atoms with E-state index in [1.807, 2.05) is 0 Å². The van der Waals surface area contributed by atoms with Crippen molar-refractivity contribution >= 4 is 31.6 Å². The van der Waals surface area contributed by atoms with E-state index in [4.69, 9.17) is 11.5 Å². The molecule has 0 aliphatic rings. The molecule has 0 unspecified atom stereocenters. The Hall–Kier alpha value is -2.14. The molecule has 0 atom stereocenters. The van der Waals surface area contributed by atoms with Gasteiger partial charge < -0.3 is 11.5 Å². The Bertz CT molecular complexity index is 989. The van der Waals surface area contributed by atoms with Gasteiger partial charge in [0.2, 0.25) is 0 Å². The second-order valence-electron chi connectivity index (χ2n) is 5.75. The number of nitrogens with two attached hydrogens (primary N) is 2. The zero-order valence-corrected chi connectivity index (χ0v) is 15.9. The summed E-state index contributed by atoms with van der Waals surface area (Å²) < 4.78 is 66.4. The van der Waals surface area contributed by atoms with Gasteiger partial charge in [-0.1, -0.05) is 13.8 Å². The lowest BCUT2D eigenvalue weighted by Crippen LogP contribution is -2.09. The van der Waals surface area contributed by atoms with E-state index in [1.165, 1.54) is 12.1 Å². The molecule has 8 nitrogen and oxygen atoms in total. The summed E-state index contributed by atoms with van der Waals surface area (Å²) in [6.07, 6.45) is 0.892. The predicted molar refractivity (Wildman–Crippen MR) is 99.1 cm³/mol. The predicted octanol–water partition coefficient (Wildman–Crippen LogP) is 2.14. The Morgan fingerprint density at radius 2 is 1.04 bits per heavy atom. The van der Waals surface area contributed by atoms with Gasteiger partial charge >= 0.3 is 0 Å². The van der Waals surface area contributed by atoms with E-state index in [0.29, 0.717) is 24.0 Å². The molecule has 2 aromatic carbocycles. The van der Waals surface area contributed by atoms with E-state index in [0.717, 1.165) is 12.1 Å². The molecule has 0 radical (unpaired) electrons. The lowest BCUT2D eigenvalue weighted by molar-refractivity contribution is 0.480. The Balaban J connectivity index is 3.04. The van der Waals surface area contributed by atoms with Crippen LogP contribution in [0.1, 0.15) is 25.0 Å². The normalized spacial score (nSPS) is 12.3. The van der Waals surface area contributed by atoms with Crippen molar-refractivity contribution in [2.24, 2.45) is 0 Å². The van der Waals surface area contributed by atoms with Gasteiger partial charge in [-0.25, -0.2) is 0 Å². The Kier molecular flexibility index (Phi) is 5.34. The van der Waals surface area contributed by atoms with E-state index < -0.39 is 30.0 Å². The number of aryl methyl sites for hydroxylation is 2. The van der Waals surface area contributed by atoms with Crippen LogP contribution in [0.3, 0.4) is 0 Å². The molecule has 0 saturated heterocycles. The molecule has 2 aromatic rings. The SMILES string of the molecule is CCc1cc(-c2cc(CC)c(N)cc2S(=O)(=O)O)c(S(=O)(=O)O)cc1N. The van der Waals surface area contributed by atoms with Crippen molar-refractivity contribution in [3.8, 4) is 11.1 Å². The summed E-state index contributed by atoms with van der Waals surface area (Å²) in [4.78, 5) is -1.10. The third-order valence-electron chi connectivity index (χ3n) is 4.09. The molecule has 0 aliphatic carbocycles. The fraction of sp³-hybridized carbons (Fsp3) is 0.250. The Morgan fingerprint density at radius 3 is 1.27 bits per heavy atom. The summed E-state index contributed by atoms with van der Waals surface area (Å²) in [6.45, 7) is 3.57. The average molecular weight is 400 g/mol. The molecule has 142 valence electrons. The third kappa shape index (κ3) is 3.83. The first kappa shape index (κ1) is 20.2. The second-order valence-corrected chi connectivity index (χ2v) is 8.53. The zero-order chi connectivity index (χ0) is 19.9. The molecule has 0 fully saturated rings. The van der Waals surface area contributed by atoms with Crippen LogP contribution in [0.15, 0.2) is 34.1 Å². The minimum atomic E-state index is -4.71. The highest BCUT2D eigenvalue weighted by Gasteiger charge is 2.25. The van der Waals surface area contributed by atoms with Crippen LogP contribution < -0.4 is 11.5 Å². The number of hydrogen-bond donors (Lipinski definition) is 4. The standard InChI is InChI=1S/C16H20N2O6S2/c1-3-9-5-11(15(7-13(9)17)25(19,20)21)12-6-10(4-2)14(18)8-16(12)26(22,23)24/h5-8H,3-4,17-18H2,1-2H3,(H,19,20,21)(H,22,23,24). The van der Waals surface area contributed by atoms with Crippen molar-refractivity contribution in [2.45, 2.75) is 36.5 Å². The van der Waals surface area contributed by atoms with Crippen LogP contribution in [0.2, 0.25) is 0 Å². The molecule has 0 heterocycles. The molecular formula is C16H20N2O6S2. The van der Waals surface area contributed by atoms with Crippen LogP contribution >= 0.6 is 0 Å². The maximum Gasteiger partial charge on any atom is 0.295 e. The van der Waals surface area contributed by atoms with Gasteiger partial charge in [0.1, 0.15) is 9.79 Å². The van der Waals surface area contributed by atoms with E-state index >= 15 is 0 Å². The maximum absolute atomic E-state index is 11.8. The smallest absolute Gasteiger partial charge is 0.295 e. The summed E-state index contributed by atoms with van der Waals surface area (Å²) in [5, 5.41) is 0. The first-order valence-electron chi connectivity index (χ1n) is 7.70. The molecule has 0 aliphatic heterocycles. The minimum absolute atomic E-state index is 0.0825. The van der Waals surface area contributed by atoms with E-state index in [1.54, 1.807) is 13.8 Å². The van der Waals surface area contributed by atoms with Gasteiger partial charge in [0.25, 0.3) is 20.2 Å². The summed E-state index contributed by atoms with van der Waals surface area (Å²) >= 11 is 0. The van der Waals surface area contributed by atoms with E-state index in [2.05, 4.69) is 0 Å². The molecule has 0 saturated carbocycles. The van der Waals surface area contributed by atoms with Crippen molar-refractivity contribution in [3.05, 3.63) is 35.4 Å². The molecular weight excluding hydrogens is 380 g/mol. The lowest BCUT2D eigenvalue weighted by Gasteiger charge is -2.16. The van der Waals surface area contributed by atoms with Gasteiger partial charge in [-0.3, -0.25) is 9.11 Å². The van der Waals surface area contributed by atoms with Crippen LogP contribution in [-0.2, 0) is 33.1 Å². The summed E-state index contributed by atoms with van der Waals surface area (Å²) in [6, 6.07) is 4.91. The van der Waals surface area contributed by atoms with E-state index in [9.17, 15) is 25.9 Å². The quantitative estimate of drug-likeness (QED) is 0.438. The average Bonchev–Trinajstić information content (AvgIpc) is 2.52. The number of benzene rings is 2. The van der Waals surface area contributed by atoms with Crippen LogP contribution in [0, 0.1) is 0 Å². The van der Waals surface area contributed by atoms with Crippen molar-refractivity contribution in [1.29, 1.82) is 0 Å². The van der Waals surface area contributed by atoms with Crippen LogP contribution in [0.25, 0.3) is 11.1 Å². The van der Waals surface area contributed by atoms with Gasteiger partial charge in [-0.2, -0.15) is 16.8 Å². The first-order chi connectivity index (χ1) is 11.9. The number of rotatable bonds is 5. The molecule has 10 heteroatoms. The van der Waals surface area contributed by atoms with Gasteiger partial charge in [0.15, 0.2) is 0 Å². The Labute approximate surface area is 152 Å². The first-order valence-corrected chi connectivity index (χ1v) is 10.6. The molecule has 0 aromatic heterocycles. The summed E-state index contributed by atoms with van der Waals surface area (Å²) in [5.41, 5.74) is 12.9. The van der Waals surface area contributed by atoms with Crippen LogP contribution in [0.4, 0.5) is 11.4 Å². The van der Waals surface area contributed by atoms with Gasteiger partial charge in [-0.15, -0.1) is 0 Å². The van der Waals surface area contributed by atoms with Crippen LogP contribution in [-0.4, -0.2) is 25.9 Å². The van der Waals surface area contributed by atoms with Crippen molar-refractivity contribution in [2.75, 3.05) is 11.5 Å². The molecule has 2 rings (SSSR count). The molecule has 0 spiro atoms. The van der Waals surface area contributed by atoms with Gasteiger partial charge in [-0.05, 0) is 48.2 Å². The van der Waals surface area contributed by atoms with Gasteiger partial charge in [0.05, 0.1) is 0 Å². The highest BCUT2D eigenvalue weighted by Crippen LogP contribution is 2.37. The van der Waals surface area contributed by atoms with Crippen molar-refractivity contribution < 1.29 is 25.9 Å². The Morgan fingerprint density at radius 1 is 0.731 bits per heavy atom. The molecule has 0 bridgehead atoms. The number of nitrogen functional groups attached to an aromatic ring is 2. The minimum Gasteiger partial charge on any atom is -0.398 e. The van der Waals surface area contributed by atoms with Crippen LogP contribution in [0.5, 0.6) is 0 Å². The maximum atomic E-state index is 11.8. The molecule has 0 amide bonds. The van der Waals surface area contributed by atoms with Crippen molar-refractivity contribution in [3.63, 3.8) is 0 Å². The monoisotopic (exact) mass is 400 g/mol. The fourth-order valence-corrected chi connectivity index (χ4v) is 4.19. The highest BCUT2D eigenvalue weighted by atomic mass is 32.2. The molecule has 6 N–H and O–H groups in total. The topological polar surface area (TPSA) is 161 Å². The number of hydrogen-bond acceptors (Lipinski definition) is 6. The van der Waals surface area contributed by atoms with Crippen molar-refractivity contribution in [1.82, 2.24) is 0 Å². The largest absolute Gasteiger partial charge is 0.398 e. The highest BCUT2D eigenvalue weighted by molar-refractivity contribution is 7.86. The number of anilines is 2. The third-order valence-corrected chi connectivity index (χ3v) is 5.88. The summed E-state index contributed by atoms with van der Waals surface area (Å²) in [5.74, 6) is 0. The lowest BCUT2D eigenvalue weighted by atomic mass is 9.97. The fourth-order valence-electron chi connectivity index (χ4n) is 2.74. The molecule has 26 heavy (non-hydrogen) atoms. The van der Waals surface area contributed by atoms with Gasteiger partial charge in [0, 0.05) is 22.5 Å². The van der Waals surface area contributed by atoms with E-state index in [-0.39, 0.29) is 22.5 Å². The second kappa shape index (κ2) is 6.88. The summed E-state index contributed by atoms with van der Waals surface area (Å²) in [7, 11) is -9.42.